The van der Waals surface area contributed by atoms with Crippen molar-refractivity contribution in [3.05, 3.63) is 11.6 Å². The lowest BCUT2D eigenvalue weighted by Gasteiger charge is -2.42. The molecule has 0 amide bonds. The molecule has 0 aromatic rings. The van der Waals surface area contributed by atoms with E-state index in [-0.39, 0.29) is 6.10 Å². The van der Waals surface area contributed by atoms with Gasteiger partial charge < -0.3 is 5.11 Å². The monoisotopic (exact) mass is 196 g/mol. The number of hydrogen-bond acceptors (Lipinski definition) is 1. The summed E-state index contributed by atoms with van der Waals surface area (Å²) in [6.45, 7) is 11.1. The first-order chi connectivity index (χ1) is 6.20. The van der Waals surface area contributed by atoms with Crippen LogP contribution in [-0.2, 0) is 0 Å². The quantitative estimate of drug-likeness (QED) is 0.636. The second kappa shape index (κ2) is 3.69. The van der Waals surface area contributed by atoms with E-state index in [1.165, 1.54) is 12.0 Å². The third kappa shape index (κ3) is 3.45. The van der Waals surface area contributed by atoms with Gasteiger partial charge >= 0.3 is 0 Å². The molecule has 0 radical (unpaired) electrons. The normalized spacial score (nSPS) is 27.1. The molecule has 1 saturated carbocycles. The molecular weight excluding hydrogens is 172 g/mol. The Kier molecular flexibility index (Phi) is 3.10. The van der Waals surface area contributed by atoms with Gasteiger partial charge in [0.25, 0.3) is 0 Å². The van der Waals surface area contributed by atoms with Gasteiger partial charge in [-0.25, -0.2) is 0 Å². The van der Waals surface area contributed by atoms with Crippen LogP contribution in [0.15, 0.2) is 11.6 Å². The van der Waals surface area contributed by atoms with Crippen molar-refractivity contribution in [1.82, 2.24) is 0 Å². The van der Waals surface area contributed by atoms with Gasteiger partial charge in [-0.2, -0.15) is 0 Å². The second-order valence-corrected chi connectivity index (χ2v) is 6.42. The Morgan fingerprint density at radius 1 is 1.14 bits per heavy atom. The van der Waals surface area contributed by atoms with Crippen molar-refractivity contribution in [3.63, 3.8) is 0 Å². The van der Waals surface area contributed by atoms with Crippen molar-refractivity contribution in [3.8, 4) is 0 Å². The second-order valence-electron chi connectivity index (χ2n) is 6.42. The van der Waals surface area contributed by atoms with Crippen molar-refractivity contribution in [1.29, 1.82) is 0 Å². The number of allylic oxidation sites excluding steroid dienone is 1. The lowest BCUT2D eigenvalue weighted by Crippen LogP contribution is -2.30. The summed E-state index contributed by atoms with van der Waals surface area (Å²) in [5.41, 5.74) is 2.21. The zero-order chi connectivity index (χ0) is 11.0. The van der Waals surface area contributed by atoms with Gasteiger partial charge in [0.1, 0.15) is 0 Å². The van der Waals surface area contributed by atoms with Gasteiger partial charge in [0.2, 0.25) is 0 Å². The molecule has 14 heavy (non-hydrogen) atoms. The van der Waals surface area contributed by atoms with Crippen LogP contribution in [0.25, 0.3) is 0 Å². The maximum Gasteiger partial charge on any atom is 0.0695 e. The molecule has 0 aliphatic heterocycles. The minimum Gasteiger partial charge on any atom is -0.389 e. The standard InChI is InChI=1S/C13H24O/c1-10(14)6-11-7-12(2,3)9-13(4,5)8-11/h6,10,14H,7-9H2,1-5H3. The van der Waals surface area contributed by atoms with E-state index in [0.29, 0.717) is 10.8 Å². The van der Waals surface area contributed by atoms with Gasteiger partial charge in [-0.1, -0.05) is 39.3 Å². The summed E-state index contributed by atoms with van der Waals surface area (Å²) in [5, 5.41) is 9.37. The average Bonchev–Trinajstić information content (AvgIpc) is 1.74. The zero-order valence-corrected chi connectivity index (χ0v) is 10.2. The molecule has 0 saturated heterocycles. The SMILES string of the molecule is CC(O)C=C1CC(C)(C)CC(C)(C)C1. The van der Waals surface area contributed by atoms with Gasteiger partial charge in [-0.05, 0) is 37.0 Å². The molecule has 1 fully saturated rings. The van der Waals surface area contributed by atoms with Gasteiger partial charge in [0, 0.05) is 0 Å². The van der Waals surface area contributed by atoms with Crippen LogP contribution in [-0.4, -0.2) is 11.2 Å². The van der Waals surface area contributed by atoms with E-state index >= 15 is 0 Å². The first kappa shape index (κ1) is 11.8. The third-order valence-corrected chi connectivity index (χ3v) is 2.85. The van der Waals surface area contributed by atoms with E-state index < -0.39 is 0 Å². The number of hydrogen-bond donors (Lipinski definition) is 1. The summed E-state index contributed by atoms with van der Waals surface area (Å²) in [7, 11) is 0. The van der Waals surface area contributed by atoms with Crippen LogP contribution in [0.4, 0.5) is 0 Å². The molecule has 0 bridgehead atoms. The predicted molar refractivity (Wildman–Crippen MR) is 61.2 cm³/mol. The molecule has 1 rings (SSSR count). The summed E-state index contributed by atoms with van der Waals surface area (Å²) >= 11 is 0. The molecule has 0 heterocycles. The third-order valence-electron chi connectivity index (χ3n) is 2.85. The number of aliphatic hydroxyl groups is 1. The van der Waals surface area contributed by atoms with Crippen LogP contribution in [0.5, 0.6) is 0 Å². The first-order valence-corrected chi connectivity index (χ1v) is 5.58. The molecule has 82 valence electrons. The summed E-state index contributed by atoms with van der Waals surface area (Å²) in [4.78, 5) is 0. The molecule has 0 spiro atoms. The molecule has 0 aromatic carbocycles. The zero-order valence-electron chi connectivity index (χ0n) is 10.2. The van der Waals surface area contributed by atoms with Gasteiger partial charge in [-0.15, -0.1) is 0 Å². The highest BCUT2D eigenvalue weighted by Crippen LogP contribution is 2.47. The Hall–Kier alpha value is -0.300. The van der Waals surface area contributed by atoms with E-state index in [9.17, 15) is 5.11 Å². The van der Waals surface area contributed by atoms with Crippen molar-refractivity contribution in [2.45, 2.75) is 60.0 Å². The highest BCUT2D eigenvalue weighted by atomic mass is 16.3. The van der Waals surface area contributed by atoms with Gasteiger partial charge in [0.15, 0.2) is 0 Å². The number of aliphatic hydroxyl groups excluding tert-OH is 1. The number of rotatable bonds is 1. The lowest BCUT2D eigenvalue weighted by molar-refractivity contribution is 0.151. The minimum atomic E-state index is -0.297. The predicted octanol–water partition coefficient (Wildman–Crippen LogP) is 3.53. The highest BCUT2D eigenvalue weighted by Gasteiger charge is 2.35. The summed E-state index contributed by atoms with van der Waals surface area (Å²) in [6, 6.07) is 0. The average molecular weight is 196 g/mol. The van der Waals surface area contributed by atoms with Crippen LogP contribution in [0, 0.1) is 10.8 Å². The molecule has 1 aliphatic rings. The van der Waals surface area contributed by atoms with Crippen LogP contribution in [0.1, 0.15) is 53.9 Å². The Morgan fingerprint density at radius 2 is 1.57 bits per heavy atom. The summed E-state index contributed by atoms with van der Waals surface area (Å²) in [6.07, 6.45) is 5.29. The highest BCUT2D eigenvalue weighted by molar-refractivity contribution is 5.13. The van der Waals surface area contributed by atoms with Crippen LogP contribution >= 0.6 is 0 Å². The minimum absolute atomic E-state index is 0.297. The van der Waals surface area contributed by atoms with E-state index in [4.69, 9.17) is 0 Å². The summed E-state index contributed by atoms with van der Waals surface area (Å²) in [5.74, 6) is 0. The molecule has 0 aromatic heterocycles. The van der Waals surface area contributed by atoms with Crippen LogP contribution in [0.3, 0.4) is 0 Å². The fourth-order valence-electron chi connectivity index (χ4n) is 3.17. The lowest BCUT2D eigenvalue weighted by atomic mass is 9.63. The van der Waals surface area contributed by atoms with Crippen molar-refractivity contribution in [2.75, 3.05) is 0 Å². The Bertz CT molecular complexity index is 216. The van der Waals surface area contributed by atoms with E-state index in [1.807, 2.05) is 13.0 Å². The molecule has 1 unspecified atom stereocenters. The molecular formula is C13H24O. The van der Waals surface area contributed by atoms with Crippen LogP contribution < -0.4 is 0 Å². The van der Waals surface area contributed by atoms with Crippen molar-refractivity contribution >= 4 is 0 Å². The smallest absolute Gasteiger partial charge is 0.0695 e. The molecule has 1 nitrogen and oxygen atoms in total. The maximum atomic E-state index is 9.37. The fraction of sp³-hybridized carbons (Fsp3) is 0.846. The Morgan fingerprint density at radius 3 is 1.93 bits per heavy atom. The van der Waals surface area contributed by atoms with Crippen molar-refractivity contribution < 1.29 is 5.11 Å². The van der Waals surface area contributed by atoms with Crippen molar-refractivity contribution in [2.24, 2.45) is 10.8 Å². The Balaban J connectivity index is 2.82. The Labute approximate surface area is 88.2 Å². The van der Waals surface area contributed by atoms with E-state index in [1.54, 1.807) is 0 Å². The molecule has 1 heteroatoms. The van der Waals surface area contributed by atoms with E-state index in [2.05, 4.69) is 27.7 Å². The topological polar surface area (TPSA) is 20.2 Å². The molecule has 1 aliphatic carbocycles. The van der Waals surface area contributed by atoms with E-state index in [0.717, 1.165) is 12.8 Å². The fourth-order valence-corrected chi connectivity index (χ4v) is 3.17. The molecule has 1 atom stereocenters. The molecule has 1 N–H and O–H groups in total. The largest absolute Gasteiger partial charge is 0.389 e. The first-order valence-electron chi connectivity index (χ1n) is 5.58. The summed E-state index contributed by atoms with van der Waals surface area (Å²) < 4.78 is 0. The maximum absolute atomic E-state index is 9.37. The van der Waals surface area contributed by atoms with Crippen LogP contribution in [0.2, 0.25) is 0 Å². The van der Waals surface area contributed by atoms with Gasteiger partial charge in [0.05, 0.1) is 6.10 Å². The van der Waals surface area contributed by atoms with Gasteiger partial charge in [-0.3, -0.25) is 0 Å².